The Bertz CT molecular complexity index is 853. The first kappa shape index (κ1) is 23.7. The van der Waals surface area contributed by atoms with Gasteiger partial charge in [0.15, 0.2) is 0 Å². The van der Waals surface area contributed by atoms with Gasteiger partial charge in [0.05, 0.1) is 6.10 Å². The number of likely N-dealkylation sites (tertiary alicyclic amines) is 1. The lowest BCUT2D eigenvalue weighted by molar-refractivity contribution is 0.0487. The Hall–Kier alpha value is -1.46. The summed E-state index contributed by atoms with van der Waals surface area (Å²) in [7, 11) is 0. The zero-order valence-corrected chi connectivity index (χ0v) is 20.2. The first-order valence-corrected chi connectivity index (χ1v) is 12.3. The summed E-state index contributed by atoms with van der Waals surface area (Å²) in [5.74, 6) is 0.391. The van der Waals surface area contributed by atoms with Crippen LogP contribution in [0, 0.1) is 11.2 Å². The van der Waals surface area contributed by atoms with Crippen LogP contribution in [0.4, 0.5) is 4.39 Å². The Labute approximate surface area is 197 Å². The molecular weight excluding hydrogens is 423 g/mol. The Morgan fingerprint density at radius 3 is 2.44 bits per heavy atom. The predicted octanol–water partition coefficient (Wildman–Crippen LogP) is 5.63. The van der Waals surface area contributed by atoms with Gasteiger partial charge in [-0.2, -0.15) is 0 Å². The van der Waals surface area contributed by atoms with Gasteiger partial charge in [-0.15, -0.1) is 0 Å². The SMILES string of the molecule is CC1(C)CN(CCN2CCCOC(Cc3ccc(F)cc3)C2)CCC1c1ccc(Cl)cc1. The maximum Gasteiger partial charge on any atom is 0.123 e. The highest BCUT2D eigenvalue weighted by molar-refractivity contribution is 6.30. The largest absolute Gasteiger partial charge is 0.376 e. The van der Waals surface area contributed by atoms with Crippen molar-refractivity contribution in [2.75, 3.05) is 45.9 Å². The van der Waals surface area contributed by atoms with E-state index in [0.29, 0.717) is 5.92 Å². The molecule has 3 nitrogen and oxygen atoms in total. The van der Waals surface area contributed by atoms with Crippen molar-refractivity contribution in [2.24, 2.45) is 5.41 Å². The predicted molar refractivity (Wildman–Crippen MR) is 130 cm³/mol. The Balaban J connectivity index is 1.29. The van der Waals surface area contributed by atoms with E-state index in [4.69, 9.17) is 16.3 Å². The van der Waals surface area contributed by atoms with Gasteiger partial charge in [0.25, 0.3) is 0 Å². The normalized spacial score (nSPS) is 24.9. The molecule has 0 aliphatic carbocycles. The van der Waals surface area contributed by atoms with Crippen molar-refractivity contribution >= 4 is 11.6 Å². The Morgan fingerprint density at radius 1 is 1.00 bits per heavy atom. The van der Waals surface area contributed by atoms with E-state index >= 15 is 0 Å². The second-order valence-electron chi connectivity index (χ2n) is 10.1. The quantitative estimate of drug-likeness (QED) is 0.558. The molecule has 0 saturated carbocycles. The topological polar surface area (TPSA) is 15.7 Å². The van der Waals surface area contributed by atoms with Crippen molar-refractivity contribution in [3.63, 3.8) is 0 Å². The van der Waals surface area contributed by atoms with Gasteiger partial charge in [0.2, 0.25) is 0 Å². The first-order chi connectivity index (χ1) is 15.4. The summed E-state index contributed by atoms with van der Waals surface area (Å²) in [6.45, 7) is 12.1. The van der Waals surface area contributed by atoms with Crippen LogP contribution in [-0.2, 0) is 11.2 Å². The Kier molecular flexibility index (Phi) is 7.88. The number of hydrogen-bond acceptors (Lipinski definition) is 3. The molecule has 2 heterocycles. The molecule has 2 unspecified atom stereocenters. The molecule has 2 atom stereocenters. The van der Waals surface area contributed by atoms with Crippen molar-refractivity contribution < 1.29 is 9.13 Å². The summed E-state index contributed by atoms with van der Waals surface area (Å²) in [5.41, 5.74) is 2.79. The van der Waals surface area contributed by atoms with Gasteiger partial charge in [0, 0.05) is 44.4 Å². The van der Waals surface area contributed by atoms with Crippen molar-refractivity contribution in [1.82, 2.24) is 9.80 Å². The number of rotatable bonds is 6. The summed E-state index contributed by atoms with van der Waals surface area (Å²) in [4.78, 5) is 5.19. The number of piperidine rings is 1. The lowest BCUT2D eigenvalue weighted by Gasteiger charge is -2.45. The van der Waals surface area contributed by atoms with Crippen LogP contribution >= 0.6 is 11.6 Å². The maximum atomic E-state index is 13.2. The molecular formula is C27H36ClFN2O. The number of nitrogens with zero attached hydrogens (tertiary/aromatic N) is 2. The smallest absolute Gasteiger partial charge is 0.123 e. The molecule has 2 aromatic carbocycles. The summed E-state index contributed by atoms with van der Waals surface area (Å²) in [6, 6.07) is 15.3. The minimum atomic E-state index is -0.181. The molecule has 0 aromatic heterocycles. The second kappa shape index (κ2) is 10.6. The molecule has 0 radical (unpaired) electrons. The van der Waals surface area contributed by atoms with Crippen LogP contribution in [0.15, 0.2) is 48.5 Å². The van der Waals surface area contributed by atoms with Crippen LogP contribution in [-0.4, -0.2) is 61.8 Å². The van der Waals surface area contributed by atoms with Gasteiger partial charge in [-0.1, -0.05) is 49.7 Å². The highest BCUT2D eigenvalue weighted by Gasteiger charge is 2.36. The van der Waals surface area contributed by atoms with E-state index < -0.39 is 0 Å². The standard InChI is InChI=1S/C27H36ClFN2O/c1-27(2)20-31(14-12-26(27)22-6-8-23(28)9-7-22)16-15-30-13-3-17-32-25(19-30)18-21-4-10-24(29)11-5-21/h4-11,25-26H,3,12-20H2,1-2H3. The summed E-state index contributed by atoms with van der Waals surface area (Å²) < 4.78 is 19.3. The van der Waals surface area contributed by atoms with Crippen LogP contribution in [0.3, 0.4) is 0 Å². The molecule has 32 heavy (non-hydrogen) atoms. The van der Waals surface area contributed by atoms with Crippen molar-refractivity contribution in [3.05, 3.63) is 70.5 Å². The lowest BCUT2D eigenvalue weighted by Crippen LogP contribution is -2.47. The third-order valence-electron chi connectivity index (χ3n) is 7.12. The van der Waals surface area contributed by atoms with Crippen molar-refractivity contribution in [2.45, 2.75) is 45.1 Å². The van der Waals surface area contributed by atoms with Gasteiger partial charge in [-0.05, 0) is 72.5 Å². The molecule has 5 heteroatoms. The molecule has 2 aliphatic rings. The second-order valence-corrected chi connectivity index (χ2v) is 10.6. The highest BCUT2D eigenvalue weighted by atomic mass is 35.5. The first-order valence-electron chi connectivity index (χ1n) is 12.0. The van der Waals surface area contributed by atoms with E-state index in [1.54, 1.807) is 12.1 Å². The average Bonchev–Trinajstić information content (AvgIpc) is 2.99. The fraction of sp³-hybridized carbons (Fsp3) is 0.556. The molecule has 2 fully saturated rings. The van der Waals surface area contributed by atoms with E-state index in [2.05, 4.69) is 35.8 Å². The summed E-state index contributed by atoms with van der Waals surface area (Å²) >= 11 is 6.10. The lowest BCUT2D eigenvalue weighted by atomic mass is 9.70. The van der Waals surface area contributed by atoms with E-state index in [9.17, 15) is 4.39 Å². The minimum Gasteiger partial charge on any atom is -0.376 e. The molecule has 0 bridgehead atoms. The zero-order valence-electron chi connectivity index (χ0n) is 19.4. The molecule has 0 spiro atoms. The Morgan fingerprint density at radius 2 is 1.72 bits per heavy atom. The van der Waals surface area contributed by atoms with Crippen LogP contribution in [0.1, 0.15) is 43.7 Å². The number of benzene rings is 2. The number of ether oxygens (including phenoxy) is 1. The minimum absolute atomic E-state index is 0.176. The molecule has 2 aliphatic heterocycles. The van der Waals surface area contributed by atoms with E-state index in [-0.39, 0.29) is 17.3 Å². The van der Waals surface area contributed by atoms with Crippen molar-refractivity contribution in [3.8, 4) is 0 Å². The maximum absolute atomic E-state index is 13.2. The molecule has 0 amide bonds. The number of halogens is 2. The summed E-state index contributed by atoms with van der Waals surface area (Å²) in [6.07, 6.45) is 3.28. The van der Waals surface area contributed by atoms with Crippen LogP contribution < -0.4 is 0 Å². The fourth-order valence-electron chi connectivity index (χ4n) is 5.43. The average molecular weight is 459 g/mol. The van der Waals surface area contributed by atoms with Gasteiger partial charge < -0.3 is 9.64 Å². The molecule has 2 aromatic rings. The van der Waals surface area contributed by atoms with Crippen LogP contribution in [0.2, 0.25) is 5.02 Å². The van der Waals surface area contributed by atoms with Gasteiger partial charge in [-0.3, -0.25) is 4.90 Å². The van der Waals surface area contributed by atoms with Gasteiger partial charge in [-0.25, -0.2) is 4.39 Å². The van der Waals surface area contributed by atoms with Crippen molar-refractivity contribution in [1.29, 1.82) is 0 Å². The van der Waals surface area contributed by atoms with E-state index in [1.807, 2.05) is 24.3 Å². The highest BCUT2D eigenvalue weighted by Crippen LogP contribution is 2.42. The zero-order chi connectivity index (χ0) is 22.6. The molecule has 174 valence electrons. The van der Waals surface area contributed by atoms with Gasteiger partial charge >= 0.3 is 0 Å². The monoisotopic (exact) mass is 458 g/mol. The van der Waals surface area contributed by atoms with Gasteiger partial charge in [0.1, 0.15) is 5.82 Å². The summed E-state index contributed by atoms with van der Waals surface area (Å²) in [5, 5.41) is 0.808. The molecule has 0 N–H and O–H groups in total. The third-order valence-corrected chi connectivity index (χ3v) is 7.38. The third kappa shape index (κ3) is 6.32. The van der Waals surface area contributed by atoms with Crippen LogP contribution in [0.5, 0.6) is 0 Å². The fourth-order valence-corrected chi connectivity index (χ4v) is 5.56. The van der Waals surface area contributed by atoms with E-state index in [1.165, 1.54) is 12.0 Å². The molecule has 2 saturated heterocycles. The number of hydrogen-bond donors (Lipinski definition) is 0. The van der Waals surface area contributed by atoms with E-state index in [0.717, 1.165) is 69.3 Å². The molecule has 4 rings (SSSR count). The van der Waals surface area contributed by atoms with Crippen LogP contribution in [0.25, 0.3) is 0 Å².